The zero-order valence-electron chi connectivity index (χ0n) is 11.2. The van der Waals surface area contributed by atoms with Crippen LogP contribution in [-0.4, -0.2) is 23.6 Å². The molecule has 2 rings (SSSR count). The van der Waals surface area contributed by atoms with Crippen molar-refractivity contribution in [1.29, 1.82) is 0 Å². The van der Waals surface area contributed by atoms with Gasteiger partial charge in [0.05, 0.1) is 11.5 Å². The molecule has 0 radical (unpaired) electrons. The highest BCUT2D eigenvalue weighted by atomic mass is 32.2. The summed E-state index contributed by atoms with van der Waals surface area (Å²) in [5.74, 6) is 0.203. The van der Waals surface area contributed by atoms with Crippen molar-refractivity contribution in [3.05, 3.63) is 34.7 Å². The van der Waals surface area contributed by atoms with Crippen molar-refractivity contribution in [2.45, 2.75) is 13.8 Å². The molecule has 20 heavy (non-hydrogen) atoms. The van der Waals surface area contributed by atoms with Crippen LogP contribution >= 0.6 is 11.8 Å². The van der Waals surface area contributed by atoms with Crippen molar-refractivity contribution in [2.75, 3.05) is 6.61 Å². The highest BCUT2D eigenvalue weighted by Gasteiger charge is 2.22. The first-order valence-corrected chi connectivity index (χ1v) is 6.93. The molecule has 0 saturated carbocycles. The van der Waals surface area contributed by atoms with Gasteiger partial charge in [0.2, 0.25) is 5.91 Å². The lowest BCUT2D eigenvalue weighted by atomic mass is 10.2. The van der Waals surface area contributed by atoms with Crippen molar-refractivity contribution < 1.29 is 14.3 Å². The second-order valence-electron chi connectivity index (χ2n) is 4.02. The zero-order chi connectivity index (χ0) is 14.5. The van der Waals surface area contributed by atoms with E-state index in [0.29, 0.717) is 16.7 Å². The van der Waals surface area contributed by atoms with Crippen LogP contribution in [0.1, 0.15) is 19.4 Å². The van der Waals surface area contributed by atoms with Gasteiger partial charge in [-0.15, -0.1) is 0 Å². The van der Waals surface area contributed by atoms with Gasteiger partial charge in [-0.2, -0.15) is 4.99 Å². The summed E-state index contributed by atoms with van der Waals surface area (Å²) < 4.78 is 5.35. The second kappa shape index (κ2) is 6.38. The standard InChI is InChI=1S/C14H14N2O3S/c1-3-19-11-6-4-10(5-7-11)8-12-13(18)16-14(20-12)15-9(2)17/h4-8H,3H2,1-2H3,(H,15,16,17,18)/b12-8+. The maximum atomic E-state index is 11.7. The number of carbonyl (C=O) groups is 2. The van der Waals surface area contributed by atoms with E-state index >= 15 is 0 Å². The van der Waals surface area contributed by atoms with Crippen molar-refractivity contribution in [1.82, 2.24) is 5.32 Å². The quantitative estimate of drug-likeness (QED) is 0.866. The maximum Gasteiger partial charge on any atom is 0.286 e. The Morgan fingerprint density at radius 1 is 1.40 bits per heavy atom. The SMILES string of the molecule is CCOc1ccc(/C=C2/SC(NC(C)=O)=NC2=O)cc1. The van der Waals surface area contributed by atoms with Crippen LogP contribution in [0, 0.1) is 0 Å². The van der Waals surface area contributed by atoms with Gasteiger partial charge in [0.25, 0.3) is 5.91 Å². The summed E-state index contributed by atoms with van der Waals surface area (Å²) in [6.45, 7) is 3.91. The summed E-state index contributed by atoms with van der Waals surface area (Å²) >= 11 is 1.15. The fourth-order valence-corrected chi connectivity index (χ4v) is 2.45. The Labute approximate surface area is 121 Å². The van der Waals surface area contributed by atoms with Gasteiger partial charge in [0.1, 0.15) is 5.75 Å². The van der Waals surface area contributed by atoms with Crippen LogP contribution in [0.4, 0.5) is 0 Å². The molecule has 0 aromatic heterocycles. The van der Waals surface area contributed by atoms with Crippen molar-refractivity contribution in [3.8, 4) is 5.75 Å². The first kappa shape index (κ1) is 14.3. The topological polar surface area (TPSA) is 67.8 Å². The number of nitrogens with one attached hydrogen (secondary N) is 1. The summed E-state index contributed by atoms with van der Waals surface area (Å²) in [5, 5.41) is 2.83. The number of carbonyl (C=O) groups excluding carboxylic acids is 2. The minimum Gasteiger partial charge on any atom is -0.494 e. The molecule has 1 N–H and O–H groups in total. The smallest absolute Gasteiger partial charge is 0.286 e. The molecule has 1 heterocycles. The first-order valence-electron chi connectivity index (χ1n) is 6.11. The Balaban J connectivity index is 2.08. The highest BCUT2D eigenvalue weighted by molar-refractivity contribution is 8.18. The molecular formula is C14H14N2O3S. The average Bonchev–Trinajstić information content (AvgIpc) is 2.71. The molecular weight excluding hydrogens is 276 g/mol. The molecule has 0 aliphatic carbocycles. The van der Waals surface area contributed by atoms with Gasteiger partial charge >= 0.3 is 0 Å². The molecule has 2 amide bonds. The number of hydrogen-bond acceptors (Lipinski definition) is 4. The van der Waals surface area contributed by atoms with Gasteiger partial charge < -0.3 is 10.1 Å². The van der Waals surface area contributed by atoms with Gasteiger partial charge in [0, 0.05) is 6.92 Å². The number of thioether (sulfide) groups is 1. The predicted molar refractivity (Wildman–Crippen MR) is 79.4 cm³/mol. The van der Waals surface area contributed by atoms with Crippen LogP contribution in [0.25, 0.3) is 6.08 Å². The molecule has 0 bridgehead atoms. The lowest BCUT2D eigenvalue weighted by Crippen LogP contribution is -2.23. The summed E-state index contributed by atoms with van der Waals surface area (Å²) in [6, 6.07) is 7.41. The number of aliphatic imine (C=N–C) groups is 1. The number of amides is 2. The predicted octanol–water partition coefficient (Wildman–Crippen LogP) is 2.19. The van der Waals surface area contributed by atoms with Gasteiger partial charge in [-0.25, -0.2) is 0 Å². The van der Waals surface area contributed by atoms with Crippen molar-refractivity contribution in [3.63, 3.8) is 0 Å². The normalized spacial score (nSPS) is 16.2. The molecule has 0 spiro atoms. The van der Waals surface area contributed by atoms with Crippen LogP contribution in [0.2, 0.25) is 0 Å². The molecule has 5 nitrogen and oxygen atoms in total. The average molecular weight is 290 g/mol. The fourth-order valence-electron chi connectivity index (χ4n) is 1.59. The zero-order valence-corrected chi connectivity index (χ0v) is 12.0. The maximum absolute atomic E-state index is 11.7. The van der Waals surface area contributed by atoms with Gasteiger partial charge in [-0.3, -0.25) is 9.59 Å². The monoisotopic (exact) mass is 290 g/mol. The van der Waals surface area contributed by atoms with E-state index in [1.165, 1.54) is 6.92 Å². The summed E-state index contributed by atoms with van der Waals surface area (Å²) in [6.07, 6.45) is 1.74. The third kappa shape index (κ3) is 3.71. The molecule has 1 aromatic carbocycles. The number of ether oxygens (including phenoxy) is 1. The second-order valence-corrected chi connectivity index (χ2v) is 5.05. The Hall–Kier alpha value is -2.08. The van der Waals surface area contributed by atoms with E-state index in [9.17, 15) is 9.59 Å². The van der Waals surface area contributed by atoms with Crippen LogP contribution < -0.4 is 10.1 Å². The summed E-state index contributed by atoms with van der Waals surface area (Å²) in [5.41, 5.74) is 0.878. The van der Waals surface area contributed by atoms with Gasteiger partial charge in [-0.1, -0.05) is 12.1 Å². The molecule has 1 aliphatic rings. The van der Waals surface area contributed by atoms with Crippen LogP contribution in [-0.2, 0) is 9.59 Å². The number of hydrogen-bond donors (Lipinski definition) is 1. The van der Waals surface area contributed by atoms with E-state index in [4.69, 9.17) is 4.74 Å². The molecule has 1 aromatic rings. The molecule has 0 saturated heterocycles. The Morgan fingerprint density at radius 3 is 2.70 bits per heavy atom. The van der Waals surface area contributed by atoms with E-state index in [1.54, 1.807) is 6.08 Å². The molecule has 6 heteroatoms. The first-order chi connectivity index (χ1) is 9.58. The van der Waals surface area contributed by atoms with Gasteiger partial charge in [-0.05, 0) is 42.5 Å². The lowest BCUT2D eigenvalue weighted by Gasteiger charge is -2.02. The molecule has 1 aliphatic heterocycles. The highest BCUT2D eigenvalue weighted by Crippen LogP contribution is 2.27. The third-order valence-electron chi connectivity index (χ3n) is 2.39. The number of nitrogens with zero attached hydrogens (tertiary/aromatic N) is 1. The van der Waals surface area contributed by atoms with Gasteiger partial charge in [0.15, 0.2) is 5.17 Å². The Kier molecular flexibility index (Phi) is 4.57. The summed E-state index contributed by atoms with van der Waals surface area (Å²) in [7, 11) is 0. The third-order valence-corrected chi connectivity index (χ3v) is 3.29. The van der Waals surface area contributed by atoms with E-state index in [1.807, 2.05) is 31.2 Å². The molecule has 104 valence electrons. The number of benzene rings is 1. The van der Waals surface area contributed by atoms with E-state index in [0.717, 1.165) is 23.1 Å². The van der Waals surface area contributed by atoms with Crippen LogP contribution in [0.3, 0.4) is 0 Å². The minimum absolute atomic E-state index is 0.244. The van der Waals surface area contributed by atoms with Crippen LogP contribution in [0.15, 0.2) is 34.2 Å². The number of amidine groups is 1. The molecule has 0 fully saturated rings. The van der Waals surface area contributed by atoms with E-state index < -0.39 is 0 Å². The summed E-state index contributed by atoms with van der Waals surface area (Å²) in [4.78, 5) is 26.9. The lowest BCUT2D eigenvalue weighted by molar-refractivity contribution is -0.117. The van der Waals surface area contributed by atoms with E-state index in [2.05, 4.69) is 10.3 Å². The number of rotatable bonds is 3. The molecule has 0 unspecified atom stereocenters. The van der Waals surface area contributed by atoms with E-state index in [-0.39, 0.29) is 11.8 Å². The Morgan fingerprint density at radius 2 is 2.10 bits per heavy atom. The van der Waals surface area contributed by atoms with Crippen molar-refractivity contribution >= 4 is 34.8 Å². The van der Waals surface area contributed by atoms with Crippen molar-refractivity contribution in [2.24, 2.45) is 4.99 Å². The molecule has 0 atom stereocenters. The Bertz CT molecular complexity index is 591. The minimum atomic E-state index is -0.340. The van der Waals surface area contributed by atoms with Crippen LogP contribution in [0.5, 0.6) is 5.75 Å². The largest absolute Gasteiger partial charge is 0.494 e. The fraction of sp³-hybridized carbons (Fsp3) is 0.214.